The maximum absolute atomic E-state index is 12.8. The summed E-state index contributed by atoms with van der Waals surface area (Å²) in [6.07, 6.45) is 3.08. The van der Waals surface area contributed by atoms with Crippen LogP contribution in [0.25, 0.3) is 0 Å². The molecule has 130 valence electrons. The average molecular weight is 355 g/mol. The highest BCUT2D eigenvalue weighted by Crippen LogP contribution is 2.30. The minimum atomic E-state index is -0.357. The molecule has 5 nitrogen and oxygen atoms in total. The maximum atomic E-state index is 12.8. The molecule has 0 aliphatic heterocycles. The zero-order chi connectivity index (χ0) is 18.0. The normalized spacial score (nSPS) is 13.5. The van der Waals surface area contributed by atoms with Crippen molar-refractivity contribution >= 4 is 17.2 Å². The average Bonchev–Trinajstić information content (AvgIpc) is 3.28. The van der Waals surface area contributed by atoms with Crippen molar-refractivity contribution in [2.45, 2.75) is 52.1 Å². The fraction of sp³-hybridized carbons (Fsp3) is 0.421. The van der Waals surface area contributed by atoms with E-state index in [4.69, 9.17) is 5.26 Å². The van der Waals surface area contributed by atoms with Gasteiger partial charge in [-0.1, -0.05) is 6.07 Å². The summed E-state index contributed by atoms with van der Waals surface area (Å²) in [5.74, 6) is 0.138. The molecule has 25 heavy (non-hydrogen) atoms. The molecule has 0 unspecified atom stereocenters. The molecule has 0 atom stereocenters. The van der Waals surface area contributed by atoms with E-state index in [1.54, 1.807) is 18.3 Å². The second-order valence-corrected chi connectivity index (χ2v) is 7.53. The lowest BCUT2D eigenvalue weighted by atomic mass is 9.99. The van der Waals surface area contributed by atoms with Gasteiger partial charge in [-0.3, -0.25) is 9.59 Å². The summed E-state index contributed by atoms with van der Waals surface area (Å²) < 4.78 is 0. The highest BCUT2D eigenvalue weighted by atomic mass is 32.1. The van der Waals surface area contributed by atoms with Gasteiger partial charge >= 0.3 is 0 Å². The molecule has 1 N–H and O–H groups in total. The minimum absolute atomic E-state index is 0.138. The fourth-order valence-electron chi connectivity index (χ4n) is 3.17. The highest BCUT2D eigenvalue weighted by Gasteiger charge is 2.32. The molecule has 0 aromatic carbocycles. The Balaban J connectivity index is 1.73. The lowest BCUT2D eigenvalue weighted by Crippen LogP contribution is -2.32. The maximum Gasteiger partial charge on any atom is 0.266 e. The smallest absolute Gasteiger partial charge is 0.266 e. The molecule has 1 amide bonds. The molecular weight excluding hydrogens is 334 g/mol. The van der Waals surface area contributed by atoms with Crippen LogP contribution in [0.5, 0.6) is 0 Å². The van der Waals surface area contributed by atoms with Crippen LogP contribution in [0.15, 0.2) is 22.3 Å². The van der Waals surface area contributed by atoms with Crippen molar-refractivity contribution in [3.05, 3.63) is 55.1 Å². The Morgan fingerprint density at radius 3 is 2.80 bits per heavy atom. The largest absolute Gasteiger partial charge is 0.335 e. The summed E-state index contributed by atoms with van der Waals surface area (Å²) in [6.45, 7) is 4.28. The van der Waals surface area contributed by atoms with Gasteiger partial charge in [0.05, 0.1) is 6.54 Å². The van der Waals surface area contributed by atoms with Crippen LogP contribution in [-0.4, -0.2) is 21.8 Å². The second kappa shape index (κ2) is 7.24. The molecule has 1 saturated carbocycles. The Morgan fingerprint density at radius 2 is 2.20 bits per heavy atom. The zero-order valence-electron chi connectivity index (χ0n) is 14.5. The predicted molar refractivity (Wildman–Crippen MR) is 97.5 cm³/mol. The molecule has 3 rings (SSSR count). The first-order chi connectivity index (χ1) is 12.0. The monoisotopic (exact) mass is 355 g/mol. The summed E-state index contributed by atoms with van der Waals surface area (Å²) in [5, 5.41) is 11.2. The number of amides is 1. The van der Waals surface area contributed by atoms with Gasteiger partial charge in [-0.05, 0) is 55.7 Å². The Kier molecular flexibility index (Phi) is 5.05. The van der Waals surface area contributed by atoms with E-state index in [1.165, 1.54) is 4.88 Å². The summed E-state index contributed by atoms with van der Waals surface area (Å²) in [5.41, 5.74) is 2.12. The highest BCUT2D eigenvalue weighted by molar-refractivity contribution is 7.09. The number of carbonyl (C=O) groups is 1. The van der Waals surface area contributed by atoms with E-state index in [2.05, 4.69) is 11.1 Å². The standard InChI is InChI=1S/C19H21N3O2S/c1-12-16(13(2)21-19(24)17(12)10-20)7-8-18(23)22(14-5-6-14)11-15-4-3-9-25-15/h3-4,9,14H,5-8,11H2,1-2H3,(H,21,24). The number of rotatable bonds is 6. The van der Waals surface area contributed by atoms with Crippen LogP contribution in [-0.2, 0) is 17.8 Å². The lowest BCUT2D eigenvalue weighted by Gasteiger charge is -2.22. The molecule has 0 bridgehead atoms. The number of H-pyrrole nitrogens is 1. The van der Waals surface area contributed by atoms with E-state index in [-0.39, 0.29) is 17.0 Å². The minimum Gasteiger partial charge on any atom is -0.335 e. The van der Waals surface area contributed by atoms with E-state index in [9.17, 15) is 9.59 Å². The SMILES string of the molecule is Cc1[nH]c(=O)c(C#N)c(C)c1CCC(=O)N(Cc1cccs1)C1CC1. The van der Waals surface area contributed by atoms with E-state index in [1.807, 2.05) is 29.3 Å². The van der Waals surface area contributed by atoms with Gasteiger partial charge in [0.15, 0.2) is 0 Å². The van der Waals surface area contributed by atoms with Gasteiger partial charge in [-0.25, -0.2) is 0 Å². The van der Waals surface area contributed by atoms with Crippen LogP contribution in [0, 0.1) is 25.2 Å². The third kappa shape index (κ3) is 3.83. The molecule has 0 radical (unpaired) electrons. The summed E-state index contributed by atoms with van der Waals surface area (Å²) in [4.78, 5) is 30.5. The summed E-state index contributed by atoms with van der Waals surface area (Å²) >= 11 is 1.67. The van der Waals surface area contributed by atoms with Crippen molar-refractivity contribution in [2.75, 3.05) is 0 Å². The van der Waals surface area contributed by atoms with Crippen LogP contribution < -0.4 is 5.56 Å². The van der Waals surface area contributed by atoms with Crippen LogP contribution in [0.1, 0.15) is 46.5 Å². The Bertz CT molecular complexity index is 873. The number of thiophene rings is 1. The molecule has 6 heteroatoms. The van der Waals surface area contributed by atoms with Gasteiger partial charge in [0, 0.05) is 23.0 Å². The van der Waals surface area contributed by atoms with Crippen molar-refractivity contribution in [3.63, 3.8) is 0 Å². The Morgan fingerprint density at radius 1 is 1.44 bits per heavy atom. The number of aryl methyl sites for hydroxylation is 1. The van der Waals surface area contributed by atoms with Gasteiger partial charge < -0.3 is 9.88 Å². The first-order valence-corrected chi connectivity index (χ1v) is 9.33. The third-order valence-corrected chi connectivity index (χ3v) is 5.58. The molecular formula is C19H21N3O2S. The van der Waals surface area contributed by atoms with Gasteiger partial charge in [-0.15, -0.1) is 11.3 Å². The van der Waals surface area contributed by atoms with Crippen molar-refractivity contribution in [1.82, 2.24) is 9.88 Å². The second-order valence-electron chi connectivity index (χ2n) is 6.50. The molecule has 0 saturated heterocycles. The number of aromatic nitrogens is 1. The van der Waals surface area contributed by atoms with Crippen LogP contribution in [0.3, 0.4) is 0 Å². The molecule has 0 spiro atoms. The predicted octanol–water partition coefficient (Wildman–Crippen LogP) is 3.05. The van der Waals surface area contributed by atoms with Crippen molar-refractivity contribution in [1.29, 1.82) is 5.26 Å². The summed E-state index contributed by atoms with van der Waals surface area (Å²) in [6, 6.07) is 6.39. The number of hydrogen-bond acceptors (Lipinski definition) is 4. The molecule has 2 heterocycles. The van der Waals surface area contributed by atoms with Gasteiger partial charge in [0.1, 0.15) is 11.6 Å². The number of hydrogen-bond donors (Lipinski definition) is 1. The number of nitrogens with one attached hydrogen (secondary N) is 1. The quantitative estimate of drug-likeness (QED) is 0.865. The Hall–Kier alpha value is -2.39. The van der Waals surface area contributed by atoms with Gasteiger partial charge in [0.25, 0.3) is 5.56 Å². The number of nitriles is 1. The third-order valence-electron chi connectivity index (χ3n) is 4.72. The summed E-state index contributed by atoms with van der Waals surface area (Å²) in [7, 11) is 0. The number of nitrogens with zero attached hydrogens (tertiary/aromatic N) is 2. The number of pyridine rings is 1. The van der Waals surface area contributed by atoms with Crippen LogP contribution in [0.4, 0.5) is 0 Å². The van der Waals surface area contributed by atoms with Crippen molar-refractivity contribution in [3.8, 4) is 6.07 Å². The lowest BCUT2D eigenvalue weighted by molar-refractivity contribution is -0.132. The number of carbonyl (C=O) groups excluding carboxylic acids is 1. The van der Waals surface area contributed by atoms with Crippen molar-refractivity contribution in [2.24, 2.45) is 0 Å². The van der Waals surface area contributed by atoms with E-state index < -0.39 is 0 Å². The van der Waals surface area contributed by atoms with E-state index in [0.29, 0.717) is 31.0 Å². The van der Waals surface area contributed by atoms with Gasteiger partial charge in [0.2, 0.25) is 5.91 Å². The molecule has 1 fully saturated rings. The van der Waals surface area contributed by atoms with Crippen LogP contribution >= 0.6 is 11.3 Å². The topological polar surface area (TPSA) is 77.0 Å². The fourth-order valence-corrected chi connectivity index (χ4v) is 3.88. The number of aromatic amines is 1. The van der Waals surface area contributed by atoms with E-state index >= 15 is 0 Å². The molecule has 2 aromatic heterocycles. The molecule has 2 aromatic rings. The Labute approximate surface area is 150 Å². The first kappa shape index (κ1) is 17.4. The zero-order valence-corrected chi connectivity index (χ0v) is 15.3. The first-order valence-electron chi connectivity index (χ1n) is 8.45. The molecule has 1 aliphatic rings. The van der Waals surface area contributed by atoms with Gasteiger partial charge in [-0.2, -0.15) is 5.26 Å². The molecule has 1 aliphatic carbocycles. The van der Waals surface area contributed by atoms with Crippen molar-refractivity contribution < 1.29 is 4.79 Å². The van der Waals surface area contributed by atoms with E-state index in [0.717, 1.165) is 24.1 Å². The van der Waals surface area contributed by atoms with Crippen LogP contribution in [0.2, 0.25) is 0 Å².